The molecule has 1 saturated heterocycles. The monoisotopic (exact) mass is 236 g/mol. The molecule has 0 aliphatic carbocycles. The highest BCUT2D eigenvalue weighted by atomic mass is 35.5. The van der Waals surface area contributed by atoms with Crippen molar-refractivity contribution < 1.29 is 9.53 Å². The zero-order valence-electron chi connectivity index (χ0n) is 9.66. The number of ether oxygens (including phenoxy) is 1. The SMILES string of the molecule is CC(C)(C)OC(=O)N1CCC(N)CC1.Cl. The topological polar surface area (TPSA) is 55.6 Å². The van der Waals surface area contributed by atoms with Crippen molar-refractivity contribution in [3.63, 3.8) is 0 Å². The Kier molecular flexibility index (Phi) is 5.38. The van der Waals surface area contributed by atoms with Crippen LogP contribution in [0, 0.1) is 0 Å². The van der Waals surface area contributed by atoms with Gasteiger partial charge in [-0.1, -0.05) is 0 Å². The lowest BCUT2D eigenvalue weighted by molar-refractivity contribution is 0.0207. The van der Waals surface area contributed by atoms with Crippen LogP contribution in [0.3, 0.4) is 0 Å². The van der Waals surface area contributed by atoms with Crippen molar-refractivity contribution in [3.8, 4) is 0 Å². The summed E-state index contributed by atoms with van der Waals surface area (Å²) < 4.78 is 5.26. The molecule has 0 aromatic heterocycles. The summed E-state index contributed by atoms with van der Waals surface area (Å²) in [5.74, 6) is 0. The summed E-state index contributed by atoms with van der Waals surface area (Å²) in [4.78, 5) is 13.3. The zero-order chi connectivity index (χ0) is 10.8. The van der Waals surface area contributed by atoms with Gasteiger partial charge < -0.3 is 15.4 Å². The molecule has 0 unspecified atom stereocenters. The van der Waals surface area contributed by atoms with E-state index < -0.39 is 5.60 Å². The van der Waals surface area contributed by atoms with Gasteiger partial charge in [-0.15, -0.1) is 12.4 Å². The first-order valence-corrected chi connectivity index (χ1v) is 5.12. The summed E-state index contributed by atoms with van der Waals surface area (Å²) in [5, 5.41) is 0. The second-order valence-electron chi connectivity index (χ2n) is 4.80. The summed E-state index contributed by atoms with van der Waals surface area (Å²) >= 11 is 0. The first-order valence-electron chi connectivity index (χ1n) is 5.12. The average molecular weight is 237 g/mol. The second-order valence-corrected chi connectivity index (χ2v) is 4.80. The van der Waals surface area contributed by atoms with Crippen molar-refractivity contribution in [2.75, 3.05) is 13.1 Å². The Balaban J connectivity index is 0.00000196. The van der Waals surface area contributed by atoms with Crippen LogP contribution >= 0.6 is 12.4 Å². The largest absolute Gasteiger partial charge is 0.444 e. The normalized spacial score (nSPS) is 18.3. The van der Waals surface area contributed by atoms with Crippen molar-refractivity contribution >= 4 is 18.5 Å². The number of likely N-dealkylation sites (tertiary alicyclic amines) is 1. The van der Waals surface area contributed by atoms with Gasteiger partial charge in [0.1, 0.15) is 5.60 Å². The fraction of sp³-hybridized carbons (Fsp3) is 0.900. The molecule has 0 radical (unpaired) electrons. The van der Waals surface area contributed by atoms with Crippen LogP contribution in [0.1, 0.15) is 33.6 Å². The molecular formula is C10H21ClN2O2. The average Bonchev–Trinajstić information content (AvgIpc) is 2.02. The molecule has 1 fully saturated rings. The molecule has 0 aromatic rings. The Morgan fingerprint density at radius 3 is 2.20 bits per heavy atom. The number of halogens is 1. The Hall–Kier alpha value is -0.480. The van der Waals surface area contributed by atoms with Gasteiger partial charge in [-0.3, -0.25) is 0 Å². The Morgan fingerprint density at radius 1 is 1.33 bits per heavy atom. The number of carbonyl (C=O) groups excluding carboxylic acids is 1. The number of piperidine rings is 1. The summed E-state index contributed by atoms with van der Waals surface area (Å²) in [6.45, 7) is 7.06. The highest BCUT2D eigenvalue weighted by Gasteiger charge is 2.25. The number of amides is 1. The summed E-state index contributed by atoms with van der Waals surface area (Å²) in [6.07, 6.45) is 1.53. The van der Waals surface area contributed by atoms with Crippen LogP contribution in [0.15, 0.2) is 0 Å². The molecule has 1 amide bonds. The fourth-order valence-electron chi connectivity index (χ4n) is 1.41. The van der Waals surface area contributed by atoms with E-state index >= 15 is 0 Å². The third-order valence-electron chi connectivity index (χ3n) is 2.19. The lowest BCUT2D eigenvalue weighted by Crippen LogP contribution is -2.44. The molecule has 15 heavy (non-hydrogen) atoms. The maximum atomic E-state index is 11.6. The van der Waals surface area contributed by atoms with Gasteiger partial charge in [0, 0.05) is 19.1 Å². The Bertz CT molecular complexity index is 208. The smallest absolute Gasteiger partial charge is 0.410 e. The van der Waals surface area contributed by atoms with Crippen LogP contribution in [0.4, 0.5) is 4.79 Å². The Labute approximate surface area is 97.5 Å². The quantitative estimate of drug-likeness (QED) is 0.698. The van der Waals surface area contributed by atoms with Gasteiger partial charge in [-0.05, 0) is 33.6 Å². The van der Waals surface area contributed by atoms with Crippen LogP contribution in [0.25, 0.3) is 0 Å². The van der Waals surface area contributed by atoms with E-state index in [0.717, 1.165) is 25.9 Å². The van der Waals surface area contributed by atoms with E-state index in [1.54, 1.807) is 4.90 Å². The number of carbonyl (C=O) groups is 1. The minimum Gasteiger partial charge on any atom is -0.444 e. The van der Waals surface area contributed by atoms with Gasteiger partial charge in [-0.25, -0.2) is 4.79 Å². The van der Waals surface area contributed by atoms with Crippen LogP contribution < -0.4 is 5.73 Å². The second kappa shape index (κ2) is 5.56. The van der Waals surface area contributed by atoms with E-state index in [9.17, 15) is 4.79 Å². The molecule has 0 bridgehead atoms. The van der Waals surface area contributed by atoms with E-state index in [1.165, 1.54) is 0 Å². The molecule has 1 heterocycles. The fourth-order valence-corrected chi connectivity index (χ4v) is 1.41. The van der Waals surface area contributed by atoms with Crippen molar-refractivity contribution in [1.29, 1.82) is 0 Å². The van der Waals surface area contributed by atoms with Crippen molar-refractivity contribution in [3.05, 3.63) is 0 Å². The maximum absolute atomic E-state index is 11.6. The molecule has 2 N–H and O–H groups in total. The third kappa shape index (κ3) is 5.23. The van der Waals surface area contributed by atoms with E-state index in [-0.39, 0.29) is 24.5 Å². The minimum atomic E-state index is -0.406. The molecule has 0 aromatic carbocycles. The minimum absolute atomic E-state index is 0. The van der Waals surface area contributed by atoms with E-state index in [0.29, 0.717) is 0 Å². The van der Waals surface area contributed by atoms with Gasteiger partial charge in [0.05, 0.1) is 0 Å². The third-order valence-corrected chi connectivity index (χ3v) is 2.19. The van der Waals surface area contributed by atoms with Crippen molar-refractivity contribution in [1.82, 2.24) is 4.90 Å². The number of rotatable bonds is 0. The number of nitrogens with zero attached hydrogens (tertiary/aromatic N) is 1. The van der Waals surface area contributed by atoms with Gasteiger partial charge in [0.2, 0.25) is 0 Å². The summed E-state index contributed by atoms with van der Waals surface area (Å²) in [6, 6.07) is 0.244. The summed E-state index contributed by atoms with van der Waals surface area (Å²) in [7, 11) is 0. The van der Waals surface area contributed by atoms with E-state index in [2.05, 4.69) is 0 Å². The molecule has 0 spiro atoms. The number of nitrogens with two attached hydrogens (primary N) is 1. The highest BCUT2D eigenvalue weighted by molar-refractivity contribution is 5.85. The standard InChI is InChI=1S/C10H20N2O2.ClH/c1-10(2,3)14-9(13)12-6-4-8(11)5-7-12;/h8H,4-7,11H2,1-3H3;1H. The summed E-state index contributed by atoms with van der Waals surface area (Å²) in [5.41, 5.74) is 5.34. The van der Waals surface area contributed by atoms with Crippen molar-refractivity contribution in [2.45, 2.75) is 45.3 Å². The molecule has 1 rings (SSSR count). The molecule has 1 aliphatic heterocycles. The highest BCUT2D eigenvalue weighted by Crippen LogP contribution is 2.14. The molecule has 0 saturated carbocycles. The van der Waals surface area contributed by atoms with Gasteiger partial charge in [0.15, 0.2) is 0 Å². The van der Waals surface area contributed by atoms with Gasteiger partial charge in [0.25, 0.3) is 0 Å². The van der Waals surface area contributed by atoms with E-state index in [1.807, 2.05) is 20.8 Å². The maximum Gasteiger partial charge on any atom is 0.410 e. The number of hydrogen-bond acceptors (Lipinski definition) is 3. The molecule has 1 aliphatic rings. The predicted molar refractivity (Wildman–Crippen MR) is 62.3 cm³/mol. The Morgan fingerprint density at radius 2 is 1.80 bits per heavy atom. The van der Waals surface area contributed by atoms with Crippen LogP contribution in [-0.4, -0.2) is 35.7 Å². The molecule has 4 nitrogen and oxygen atoms in total. The van der Waals surface area contributed by atoms with Gasteiger partial charge in [-0.2, -0.15) is 0 Å². The van der Waals surface area contributed by atoms with Crippen LogP contribution in [-0.2, 0) is 4.74 Å². The van der Waals surface area contributed by atoms with Crippen molar-refractivity contribution in [2.24, 2.45) is 5.73 Å². The molecular weight excluding hydrogens is 216 g/mol. The number of hydrogen-bond donors (Lipinski definition) is 1. The van der Waals surface area contributed by atoms with Crippen LogP contribution in [0.2, 0.25) is 0 Å². The van der Waals surface area contributed by atoms with Gasteiger partial charge >= 0.3 is 6.09 Å². The zero-order valence-corrected chi connectivity index (χ0v) is 10.5. The first kappa shape index (κ1) is 14.5. The lowest BCUT2D eigenvalue weighted by atomic mass is 10.1. The molecule has 90 valence electrons. The lowest BCUT2D eigenvalue weighted by Gasteiger charge is -2.32. The van der Waals surface area contributed by atoms with E-state index in [4.69, 9.17) is 10.5 Å². The van der Waals surface area contributed by atoms with Crippen LogP contribution in [0.5, 0.6) is 0 Å². The molecule has 0 atom stereocenters. The molecule has 5 heteroatoms. The first-order chi connectivity index (χ1) is 6.38. The predicted octanol–water partition coefficient (Wildman–Crippen LogP) is 1.77.